The van der Waals surface area contributed by atoms with Gasteiger partial charge in [0.15, 0.2) is 0 Å². The van der Waals surface area contributed by atoms with E-state index in [0.29, 0.717) is 26.8 Å². The van der Waals surface area contributed by atoms with Crippen molar-refractivity contribution in [2.75, 3.05) is 5.32 Å². The predicted octanol–water partition coefficient (Wildman–Crippen LogP) is 6.16. The number of halogens is 5. The van der Waals surface area contributed by atoms with Gasteiger partial charge in [0.25, 0.3) is 0 Å². The molecule has 19 heavy (non-hydrogen) atoms. The molecule has 0 atom stereocenters. The lowest BCUT2D eigenvalue weighted by Crippen LogP contribution is -2.02. The van der Waals surface area contributed by atoms with Crippen LogP contribution in [0.2, 0.25) is 15.1 Å². The van der Waals surface area contributed by atoms with Gasteiger partial charge in [0, 0.05) is 26.6 Å². The maximum atomic E-state index is 13.1. The normalized spacial score (nSPS) is 10.6. The molecule has 0 amide bonds. The molecule has 0 saturated carbocycles. The van der Waals surface area contributed by atoms with Gasteiger partial charge in [0.1, 0.15) is 5.82 Å². The topological polar surface area (TPSA) is 12.0 Å². The zero-order chi connectivity index (χ0) is 14.0. The van der Waals surface area contributed by atoms with Crippen molar-refractivity contribution in [3.63, 3.8) is 0 Å². The van der Waals surface area contributed by atoms with E-state index in [2.05, 4.69) is 21.2 Å². The summed E-state index contributed by atoms with van der Waals surface area (Å²) in [5.41, 5.74) is 1.36. The monoisotopic (exact) mass is 381 g/mol. The Balaban J connectivity index is 2.24. The fourth-order valence-corrected chi connectivity index (χ4v) is 3.08. The summed E-state index contributed by atoms with van der Waals surface area (Å²) in [5, 5.41) is 4.51. The molecule has 0 unspecified atom stereocenters. The molecule has 0 heterocycles. The smallest absolute Gasteiger partial charge is 0.125 e. The van der Waals surface area contributed by atoms with Crippen LogP contribution in [0.25, 0.3) is 0 Å². The summed E-state index contributed by atoms with van der Waals surface area (Å²) in [6.45, 7) is 0.391. The maximum Gasteiger partial charge on any atom is 0.125 e. The van der Waals surface area contributed by atoms with E-state index in [1.807, 2.05) is 0 Å². The molecule has 2 aromatic carbocycles. The highest BCUT2D eigenvalue weighted by molar-refractivity contribution is 9.10. The second-order valence-electron chi connectivity index (χ2n) is 3.80. The van der Waals surface area contributed by atoms with Crippen LogP contribution in [-0.2, 0) is 6.54 Å². The first-order valence-corrected chi connectivity index (χ1v) is 7.23. The number of anilines is 1. The van der Waals surface area contributed by atoms with Crippen molar-refractivity contribution in [3.05, 3.63) is 61.3 Å². The zero-order valence-electron chi connectivity index (χ0n) is 9.48. The Kier molecular flexibility index (Phi) is 4.96. The molecule has 0 bridgehead atoms. The van der Waals surface area contributed by atoms with E-state index in [0.717, 1.165) is 5.56 Å². The largest absolute Gasteiger partial charge is 0.379 e. The van der Waals surface area contributed by atoms with Gasteiger partial charge in [-0.15, -0.1) is 0 Å². The third-order valence-electron chi connectivity index (χ3n) is 2.51. The average molecular weight is 383 g/mol. The Hall–Kier alpha value is -0.480. The van der Waals surface area contributed by atoms with E-state index in [-0.39, 0.29) is 5.02 Å². The minimum absolute atomic E-state index is 0.287. The molecule has 1 nitrogen and oxygen atoms in total. The Morgan fingerprint density at radius 2 is 1.68 bits per heavy atom. The SMILES string of the molecule is Fc1cc(Cl)c(NCc2c(Cl)cccc2Cl)c(Br)c1. The molecule has 0 spiro atoms. The fraction of sp³-hybridized carbons (Fsp3) is 0.0769. The average Bonchev–Trinajstić information content (AvgIpc) is 2.31. The summed E-state index contributed by atoms with van der Waals surface area (Å²) in [5.74, 6) is -0.404. The number of nitrogens with one attached hydrogen (secondary N) is 1. The number of benzene rings is 2. The minimum atomic E-state index is -0.404. The molecule has 0 aromatic heterocycles. The lowest BCUT2D eigenvalue weighted by Gasteiger charge is -2.13. The van der Waals surface area contributed by atoms with E-state index in [1.165, 1.54) is 12.1 Å². The zero-order valence-corrected chi connectivity index (χ0v) is 13.3. The van der Waals surface area contributed by atoms with Crippen molar-refractivity contribution in [1.29, 1.82) is 0 Å². The molecular weight excluding hydrogens is 375 g/mol. The highest BCUT2D eigenvalue weighted by atomic mass is 79.9. The van der Waals surface area contributed by atoms with Crippen LogP contribution in [-0.4, -0.2) is 0 Å². The van der Waals surface area contributed by atoms with Crippen LogP contribution < -0.4 is 5.32 Å². The van der Waals surface area contributed by atoms with Crippen LogP contribution in [0, 0.1) is 5.82 Å². The van der Waals surface area contributed by atoms with Gasteiger partial charge in [0.05, 0.1) is 10.7 Å². The van der Waals surface area contributed by atoms with E-state index in [1.54, 1.807) is 18.2 Å². The van der Waals surface area contributed by atoms with Crippen LogP contribution in [0.3, 0.4) is 0 Å². The van der Waals surface area contributed by atoms with Crippen LogP contribution in [0.1, 0.15) is 5.56 Å². The molecule has 1 N–H and O–H groups in total. The standard InChI is InChI=1S/C13H8BrCl3FN/c14-9-4-7(18)5-12(17)13(9)19-6-8-10(15)2-1-3-11(8)16/h1-5,19H,6H2. The van der Waals surface area contributed by atoms with E-state index < -0.39 is 5.82 Å². The molecule has 0 aliphatic rings. The highest BCUT2D eigenvalue weighted by Crippen LogP contribution is 2.33. The van der Waals surface area contributed by atoms with Crippen LogP contribution >= 0.6 is 50.7 Å². The summed E-state index contributed by atoms with van der Waals surface area (Å²) in [4.78, 5) is 0. The molecule has 2 aromatic rings. The summed E-state index contributed by atoms with van der Waals surface area (Å²) >= 11 is 21.4. The summed E-state index contributed by atoms with van der Waals surface area (Å²) in [7, 11) is 0. The van der Waals surface area contributed by atoms with Gasteiger partial charge in [-0.25, -0.2) is 4.39 Å². The molecule has 6 heteroatoms. The molecule has 0 fully saturated rings. The van der Waals surface area contributed by atoms with Crippen molar-refractivity contribution in [2.24, 2.45) is 0 Å². The molecule has 100 valence electrons. The lowest BCUT2D eigenvalue weighted by molar-refractivity contribution is 0.627. The van der Waals surface area contributed by atoms with E-state index in [9.17, 15) is 4.39 Å². The summed E-state index contributed by atoms with van der Waals surface area (Å²) in [6.07, 6.45) is 0. The van der Waals surface area contributed by atoms with Gasteiger partial charge in [-0.3, -0.25) is 0 Å². The van der Waals surface area contributed by atoms with Gasteiger partial charge >= 0.3 is 0 Å². The van der Waals surface area contributed by atoms with E-state index in [4.69, 9.17) is 34.8 Å². The lowest BCUT2D eigenvalue weighted by atomic mass is 10.2. The van der Waals surface area contributed by atoms with Crippen LogP contribution in [0.15, 0.2) is 34.8 Å². The van der Waals surface area contributed by atoms with Crippen molar-refractivity contribution >= 4 is 56.4 Å². The quantitative estimate of drug-likeness (QED) is 0.669. The second kappa shape index (κ2) is 6.31. The Labute approximate surface area is 133 Å². The Morgan fingerprint density at radius 1 is 1.05 bits per heavy atom. The first-order chi connectivity index (χ1) is 8.99. The second-order valence-corrected chi connectivity index (χ2v) is 5.87. The Bertz CT molecular complexity index is 576. The van der Waals surface area contributed by atoms with E-state index >= 15 is 0 Å². The van der Waals surface area contributed by atoms with Gasteiger partial charge in [-0.05, 0) is 40.2 Å². The van der Waals surface area contributed by atoms with Crippen molar-refractivity contribution in [3.8, 4) is 0 Å². The van der Waals surface area contributed by atoms with Crippen LogP contribution in [0.5, 0.6) is 0 Å². The summed E-state index contributed by atoms with van der Waals surface area (Å²) in [6, 6.07) is 7.86. The van der Waals surface area contributed by atoms with Crippen LogP contribution in [0.4, 0.5) is 10.1 Å². The molecule has 0 aliphatic carbocycles. The van der Waals surface area contributed by atoms with Gasteiger partial charge in [-0.1, -0.05) is 40.9 Å². The first kappa shape index (κ1) is 14.9. The fourth-order valence-electron chi connectivity index (χ4n) is 1.59. The Morgan fingerprint density at radius 3 is 2.26 bits per heavy atom. The third kappa shape index (κ3) is 3.54. The number of rotatable bonds is 3. The van der Waals surface area contributed by atoms with Crippen molar-refractivity contribution in [1.82, 2.24) is 0 Å². The molecule has 0 aliphatic heterocycles. The van der Waals surface area contributed by atoms with Crippen molar-refractivity contribution in [2.45, 2.75) is 6.54 Å². The van der Waals surface area contributed by atoms with Gasteiger partial charge in [-0.2, -0.15) is 0 Å². The molecule has 2 rings (SSSR count). The van der Waals surface area contributed by atoms with Gasteiger partial charge < -0.3 is 5.32 Å². The molecule has 0 saturated heterocycles. The predicted molar refractivity (Wildman–Crippen MR) is 82.9 cm³/mol. The third-order valence-corrected chi connectivity index (χ3v) is 4.14. The summed E-state index contributed by atoms with van der Waals surface area (Å²) < 4.78 is 13.7. The van der Waals surface area contributed by atoms with Crippen molar-refractivity contribution < 1.29 is 4.39 Å². The number of hydrogen-bond acceptors (Lipinski definition) is 1. The highest BCUT2D eigenvalue weighted by Gasteiger charge is 2.10. The first-order valence-electron chi connectivity index (χ1n) is 5.30. The van der Waals surface area contributed by atoms with Gasteiger partial charge in [0.2, 0.25) is 0 Å². The maximum absolute atomic E-state index is 13.1. The molecule has 0 radical (unpaired) electrons. The molecular formula is C13H8BrCl3FN. The minimum Gasteiger partial charge on any atom is -0.379 e. The number of hydrogen-bond donors (Lipinski definition) is 1.